The molecule has 1 aromatic heterocycles. The number of nitrogen functional groups attached to an aromatic ring is 1. The molecule has 1 aliphatic carbocycles. The molecule has 1 fully saturated rings. The number of amides is 1. The van der Waals surface area contributed by atoms with Crippen LogP contribution in [0.15, 0.2) is 24.3 Å². The summed E-state index contributed by atoms with van der Waals surface area (Å²) < 4.78 is 11.3. The van der Waals surface area contributed by atoms with Crippen molar-refractivity contribution in [2.45, 2.75) is 44.8 Å². The number of nitrogens with one attached hydrogen (secondary N) is 1. The van der Waals surface area contributed by atoms with Crippen molar-refractivity contribution in [2.24, 2.45) is 0 Å². The lowest BCUT2D eigenvalue weighted by molar-refractivity contribution is -0.191. The number of hydrogen-bond donors (Lipinski definition) is 3. The number of carbonyl (C=O) groups excluding carboxylic acids is 3. The van der Waals surface area contributed by atoms with E-state index >= 15 is 0 Å². The van der Waals surface area contributed by atoms with E-state index < -0.39 is 0 Å². The smallest absolute Gasteiger partial charge is 0.373 e. The first-order valence-corrected chi connectivity index (χ1v) is 9.78. The summed E-state index contributed by atoms with van der Waals surface area (Å²) in [6.45, 7) is 2.01. The summed E-state index contributed by atoms with van der Waals surface area (Å²) in [5.41, 5.74) is 8.60. The molecule has 0 aliphatic heterocycles. The topological polar surface area (TPSA) is 141 Å². The van der Waals surface area contributed by atoms with Crippen LogP contribution in [0.2, 0.25) is 0 Å². The number of nitrogens with two attached hydrogens (primary N) is 1. The second kappa shape index (κ2) is 11.9. The zero-order valence-electron chi connectivity index (χ0n) is 16.9. The van der Waals surface area contributed by atoms with Crippen LogP contribution in [-0.4, -0.2) is 54.1 Å². The van der Waals surface area contributed by atoms with Gasteiger partial charge in [-0.2, -0.15) is 9.59 Å². The van der Waals surface area contributed by atoms with Gasteiger partial charge in [0.1, 0.15) is 12.4 Å². The molecule has 1 heterocycles. The number of anilines is 1. The SMILES string of the molecule is Cc1cc(N)c2c(OC3CCC(NC(=O)COCCO)CC3)cccc2n1.O=C=O. The van der Waals surface area contributed by atoms with E-state index in [-0.39, 0.29) is 44.0 Å². The van der Waals surface area contributed by atoms with Crippen molar-refractivity contribution in [3.63, 3.8) is 0 Å². The fourth-order valence-corrected chi connectivity index (χ4v) is 3.52. The fourth-order valence-electron chi connectivity index (χ4n) is 3.52. The minimum absolute atomic E-state index is 0.0152. The van der Waals surface area contributed by atoms with E-state index in [0.717, 1.165) is 48.0 Å². The van der Waals surface area contributed by atoms with Crippen LogP contribution in [0.25, 0.3) is 10.9 Å². The molecule has 0 spiro atoms. The van der Waals surface area contributed by atoms with E-state index in [1.54, 1.807) is 0 Å². The number of fused-ring (bicyclic) bond motifs is 1. The summed E-state index contributed by atoms with van der Waals surface area (Å²) in [5.74, 6) is 0.624. The van der Waals surface area contributed by atoms with E-state index in [9.17, 15) is 4.79 Å². The lowest BCUT2D eigenvalue weighted by atomic mass is 9.93. The molecule has 4 N–H and O–H groups in total. The largest absolute Gasteiger partial charge is 0.490 e. The third-order valence-corrected chi connectivity index (χ3v) is 4.76. The Kier molecular flexibility index (Phi) is 9.21. The average Bonchev–Trinajstić information content (AvgIpc) is 2.70. The Morgan fingerprint density at radius 3 is 2.67 bits per heavy atom. The Labute approximate surface area is 174 Å². The number of aliphatic hydroxyl groups is 1. The predicted molar refractivity (Wildman–Crippen MR) is 109 cm³/mol. The number of aromatic nitrogens is 1. The first kappa shape index (κ1) is 23.3. The van der Waals surface area contributed by atoms with Gasteiger partial charge in [-0.25, -0.2) is 0 Å². The maximum atomic E-state index is 11.8. The van der Waals surface area contributed by atoms with E-state index in [1.807, 2.05) is 31.2 Å². The van der Waals surface area contributed by atoms with Crippen molar-refractivity contribution in [1.82, 2.24) is 10.3 Å². The van der Waals surface area contributed by atoms with Crippen LogP contribution < -0.4 is 15.8 Å². The molecule has 0 atom stereocenters. The minimum atomic E-state index is -0.143. The van der Waals surface area contributed by atoms with Gasteiger partial charge in [0.25, 0.3) is 0 Å². The molecular formula is C21H27N3O6. The van der Waals surface area contributed by atoms with Gasteiger partial charge in [0.05, 0.1) is 30.2 Å². The standard InChI is InChI=1S/C20H27N3O4.CO2/c1-13-11-16(21)20-17(22-13)3-2-4-18(20)27-15-7-5-14(6-8-15)23-19(25)12-26-10-9-24;2-1-3/h2-4,11,14-15,24H,5-10,12H2,1H3,(H2,21,22)(H,23,25);. The van der Waals surface area contributed by atoms with Crippen molar-refractivity contribution in [3.8, 4) is 5.75 Å². The molecule has 9 nitrogen and oxygen atoms in total. The van der Waals surface area contributed by atoms with Gasteiger partial charge in [0.2, 0.25) is 5.91 Å². The van der Waals surface area contributed by atoms with Gasteiger partial charge in [-0.3, -0.25) is 9.78 Å². The molecule has 1 amide bonds. The van der Waals surface area contributed by atoms with E-state index in [2.05, 4.69) is 10.3 Å². The van der Waals surface area contributed by atoms with E-state index in [0.29, 0.717) is 5.69 Å². The Bertz CT molecular complexity index is 874. The van der Waals surface area contributed by atoms with Crippen LogP contribution in [0.4, 0.5) is 5.69 Å². The van der Waals surface area contributed by atoms with Gasteiger partial charge in [-0.15, -0.1) is 0 Å². The highest BCUT2D eigenvalue weighted by atomic mass is 16.5. The molecule has 3 rings (SSSR count). The predicted octanol–water partition coefficient (Wildman–Crippen LogP) is 1.36. The first-order chi connectivity index (χ1) is 14.5. The minimum Gasteiger partial charge on any atom is -0.490 e. The van der Waals surface area contributed by atoms with Crippen LogP contribution in [-0.2, 0) is 19.1 Å². The molecule has 0 radical (unpaired) electrons. The first-order valence-electron chi connectivity index (χ1n) is 9.78. The van der Waals surface area contributed by atoms with Gasteiger partial charge >= 0.3 is 6.15 Å². The monoisotopic (exact) mass is 417 g/mol. The zero-order chi connectivity index (χ0) is 21.9. The molecule has 1 aromatic carbocycles. The molecule has 0 saturated heterocycles. The highest BCUT2D eigenvalue weighted by Crippen LogP contribution is 2.33. The molecule has 2 aromatic rings. The van der Waals surface area contributed by atoms with Crippen LogP contribution >= 0.6 is 0 Å². The highest BCUT2D eigenvalue weighted by Gasteiger charge is 2.24. The average molecular weight is 417 g/mol. The molecule has 30 heavy (non-hydrogen) atoms. The lowest BCUT2D eigenvalue weighted by Crippen LogP contribution is -2.41. The molecular weight excluding hydrogens is 390 g/mol. The lowest BCUT2D eigenvalue weighted by Gasteiger charge is -2.30. The van der Waals surface area contributed by atoms with Crippen LogP contribution in [0, 0.1) is 6.92 Å². The second-order valence-electron chi connectivity index (χ2n) is 7.02. The number of ether oxygens (including phenoxy) is 2. The van der Waals surface area contributed by atoms with Crippen LogP contribution in [0.5, 0.6) is 5.75 Å². The third-order valence-electron chi connectivity index (χ3n) is 4.76. The summed E-state index contributed by atoms with van der Waals surface area (Å²) in [5, 5.41) is 12.5. The molecule has 0 bridgehead atoms. The molecule has 0 unspecified atom stereocenters. The van der Waals surface area contributed by atoms with Gasteiger partial charge in [0.15, 0.2) is 0 Å². The summed E-state index contributed by atoms with van der Waals surface area (Å²) in [4.78, 5) is 32.6. The number of aliphatic hydroxyl groups excluding tert-OH is 1. The molecule has 1 aliphatic rings. The summed E-state index contributed by atoms with van der Waals surface area (Å²) >= 11 is 0. The second-order valence-corrected chi connectivity index (χ2v) is 7.02. The number of aryl methyl sites for hydroxylation is 1. The van der Waals surface area contributed by atoms with Crippen molar-refractivity contribution >= 4 is 28.6 Å². The summed E-state index contributed by atoms with van der Waals surface area (Å²) in [6, 6.07) is 7.80. The van der Waals surface area contributed by atoms with Crippen molar-refractivity contribution in [3.05, 3.63) is 30.0 Å². The third kappa shape index (κ3) is 6.81. The van der Waals surface area contributed by atoms with Gasteiger partial charge < -0.3 is 25.6 Å². The molecule has 1 saturated carbocycles. The van der Waals surface area contributed by atoms with Crippen molar-refractivity contribution in [1.29, 1.82) is 0 Å². The number of pyridine rings is 1. The summed E-state index contributed by atoms with van der Waals surface area (Å²) in [6.07, 6.45) is 3.77. The fraction of sp³-hybridized carbons (Fsp3) is 0.476. The van der Waals surface area contributed by atoms with Gasteiger partial charge in [-0.05, 0) is 50.8 Å². The maximum absolute atomic E-state index is 11.8. The highest BCUT2D eigenvalue weighted by molar-refractivity contribution is 5.95. The Balaban J connectivity index is 0.00000101. The Morgan fingerprint density at radius 1 is 1.30 bits per heavy atom. The number of benzene rings is 1. The van der Waals surface area contributed by atoms with Gasteiger partial charge in [-0.1, -0.05) is 6.07 Å². The number of carbonyl (C=O) groups is 1. The Hall–Kier alpha value is -3.00. The van der Waals surface area contributed by atoms with Crippen molar-refractivity contribution in [2.75, 3.05) is 25.6 Å². The number of rotatable bonds is 7. The Morgan fingerprint density at radius 2 is 2.00 bits per heavy atom. The van der Waals surface area contributed by atoms with Gasteiger partial charge in [0, 0.05) is 17.4 Å². The molecule has 162 valence electrons. The van der Waals surface area contributed by atoms with E-state index in [4.69, 9.17) is 29.9 Å². The quantitative estimate of drug-likeness (QED) is 0.574. The van der Waals surface area contributed by atoms with Crippen LogP contribution in [0.1, 0.15) is 31.4 Å². The number of hydrogen-bond acceptors (Lipinski definition) is 8. The number of nitrogens with zero attached hydrogens (tertiary/aromatic N) is 1. The zero-order valence-corrected chi connectivity index (χ0v) is 16.9. The maximum Gasteiger partial charge on any atom is 0.373 e. The van der Waals surface area contributed by atoms with Crippen LogP contribution in [0.3, 0.4) is 0 Å². The van der Waals surface area contributed by atoms with Crippen molar-refractivity contribution < 1.29 is 29.0 Å². The molecule has 9 heteroatoms. The van der Waals surface area contributed by atoms with E-state index in [1.165, 1.54) is 0 Å². The normalized spacial score (nSPS) is 18.1. The summed E-state index contributed by atoms with van der Waals surface area (Å²) in [7, 11) is 0.